The fourth-order valence-electron chi connectivity index (χ4n) is 1.63. The lowest BCUT2D eigenvalue weighted by Gasteiger charge is -2.08. The van der Waals surface area contributed by atoms with Crippen molar-refractivity contribution in [2.45, 2.75) is 17.7 Å². The third-order valence-corrected chi connectivity index (χ3v) is 3.82. The van der Waals surface area contributed by atoms with Crippen LogP contribution in [0, 0.1) is 5.92 Å². The molecule has 0 aromatic heterocycles. The Morgan fingerprint density at radius 3 is 2.63 bits per heavy atom. The first-order valence-electron chi connectivity index (χ1n) is 6.12. The monoisotopic (exact) mass is 342 g/mol. The van der Waals surface area contributed by atoms with Gasteiger partial charge in [0.2, 0.25) is 5.91 Å². The van der Waals surface area contributed by atoms with Gasteiger partial charge in [0.1, 0.15) is 0 Å². The predicted octanol–water partition coefficient (Wildman–Crippen LogP) is 1.99. The molecule has 0 aliphatic heterocycles. The van der Waals surface area contributed by atoms with Crippen molar-refractivity contribution in [3.05, 3.63) is 28.2 Å². The predicted molar refractivity (Wildman–Crippen MR) is 79.5 cm³/mol. The number of halogens is 1. The Morgan fingerprint density at radius 2 is 1.95 bits per heavy atom. The van der Waals surface area contributed by atoms with Gasteiger partial charge in [-0.1, -0.05) is 0 Å². The van der Waals surface area contributed by atoms with Crippen LogP contribution in [0.25, 0.3) is 0 Å². The van der Waals surface area contributed by atoms with Gasteiger partial charge in [0.15, 0.2) is 0 Å². The van der Waals surface area contributed by atoms with Gasteiger partial charge in [-0.05, 0) is 47.0 Å². The molecular formula is C13H15BrN2O2S. The Bertz CT molecular complexity index is 503. The molecule has 102 valence electrons. The number of carbonyl (C=O) groups is 2. The maximum Gasteiger partial charge on any atom is 0.252 e. The summed E-state index contributed by atoms with van der Waals surface area (Å²) in [6.07, 6.45) is 1.97. The SMILES string of the molecule is O=C(NCCNC(=O)C1CC1)c1cc(S)ccc1Br. The molecule has 0 atom stereocenters. The van der Waals surface area contributed by atoms with E-state index in [1.165, 1.54) is 0 Å². The molecule has 0 radical (unpaired) electrons. The summed E-state index contributed by atoms with van der Waals surface area (Å²) in [6, 6.07) is 5.29. The van der Waals surface area contributed by atoms with Crippen molar-refractivity contribution in [1.82, 2.24) is 10.6 Å². The summed E-state index contributed by atoms with van der Waals surface area (Å²) >= 11 is 7.53. The molecule has 2 amide bonds. The molecule has 0 spiro atoms. The highest BCUT2D eigenvalue weighted by atomic mass is 79.9. The lowest BCUT2D eigenvalue weighted by atomic mass is 10.2. The van der Waals surface area contributed by atoms with Crippen LogP contribution in [0.4, 0.5) is 0 Å². The van der Waals surface area contributed by atoms with E-state index in [1.807, 2.05) is 0 Å². The van der Waals surface area contributed by atoms with E-state index < -0.39 is 0 Å². The summed E-state index contributed by atoms with van der Waals surface area (Å²) in [5, 5.41) is 5.56. The van der Waals surface area contributed by atoms with Gasteiger partial charge in [0, 0.05) is 28.4 Å². The van der Waals surface area contributed by atoms with Crippen molar-refractivity contribution in [3.8, 4) is 0 Å². The highest BCUT2D eigenvalue weighted by Gasteiger charge is 2.28. The van der Waals surface area contributed by atoms with Crippen molar-refractivity contribution in [2.24, 2.45) is 5.92 Å². The van der Waals surface area contributed by atoms with Gasteiger partial charge in [0.25, 0.3) is 5.91 Å². The minimum atomic E-state index is -0.177. The quantitative estimate of drug-likeness (QED) is 0.566. The topological polar surface area (TPSA) is 58.2 Å². The fraction of sp³-hybridized carbons (Fsp3) is 0.385. The normalized spacial score (nSPS) is 14.0. The van der Waals surface area contributed by atoms with E-state index in [-0.39, 0.29) is 17.7 Å². The number of hydrogen-bond donors (Lipinski definition) is 3. The summed E-state index contributed by atoms with van der Waals surface area (Å²) < 4.78 is 0.727. The molecule has 19 heavy (non-hydrogen) atoms. The van der Waals surface area contributed by atoms with E-state index in [0.29, 0.717) is 18.7 Å². The molecule has 1 aromatic rings. The van der Waals surface area contributed by atoms with Crippen LogP contribution in [0.15, 0.2) is 27.6 Å². The van der Waals surface area contributed by atoms with Crippen LogP contribution in [-0.4, -0.2) is 24.9 Å². The van der Waals surface area contributed by atoms with E-state index >= 15 is 0 Å². The van der Waals surface area contributed by atoms with Crippen LogP contribution in [0.5, 0.6) is 0 Å². The average molecular weight is 343 g/mol. The maximum absolute atomic E-state index is 11.9. The van der Waals surface area contributed by atoms with Gasteiger partial charge in [0.05, 0.1) is 5.56 Å². The number of rotatable bonds is 5. The summed E-state index contributed by atoms with van der Waals surface area (Å²) in [5.74, 6) is 0.113. The first-order valence-corrected chi connectivity index (χ1v) is 7.36. The molecule has 4 nitrogen and oxygen atoms in total. The summed E-state index contributed by atoms with van der Waals surface area (Å²) in [4.78, 5) is 24.0. The Balaban J connectivity index is 1.77. The minimum Gasteiger partial charge on any atom is -0.354 e. The van der Waals surface area contributed by atoms with Gasteiger partial charge in [-0.3, -0.25) is 9.59 Å². The number of benzene rings is 1. The Labute approximate surface area is 125 Å². The van der Waals surface area contributed by atoms with Crippen molar-refractivity contribution in [3.63, 3.8) is 0 Å². The fourth-order valence-corrected chi connectivity index (χ4v) is 2.26. The van der Waals surface area contributed by atoms with Gasteiger partial charge >= 0.3 is 0 Å². The van der Waals surface area contributed by atoms with E-state index in [1.54, 1.807) is 18.2 Å². The molecule has 1 aliphatic rings. The molecule has 0 bridgehead atoms. The summed E-state index contributed by atoms with van der Waals surface area (Å²) in [6.45, 7) is 0.875. The Kier molecular flexibility index (Phi) is 4.87. The molecule has 0 saturated heterocycles. The van der Waals surface area contributed by atoms with Crippen LogP contribution < -0.4 is 10.6 Å². The Morgan fingerprint density at radius 1 is 1.26 bits per heavy atom. The minimum absolute atomic E-state index is 0.0905. The van der Waals surface area contributed by atoms with Gasteiger partial charge in [-0.15, -0.1) is 12.6 Å². The van der Waals surface area contributed by atoms with Crippen molar-refractivity contribution in [1.29, 1.82) is 0 Å². The van der Waals surface area contributed by atoms with E-state index in [4.69, 9.17) is 0 Å². The maximum atomic E-state index is 11.9. The van der Waals surface area contributed by atoms with E-state index in [0.717, 1.165) is 22.2 Å². The molecule has 1 saturated carbocycles. The number of hydrogen-bond acceptors (Lipinski definition) is 3. The van der Waals surface area contributed by atoms with Gasteiger partial charge in [-0.2, -0.15) is 0 Å². The third kappa shape index (κ3) is 4.24. The highest BCUT2D eigenvalue weighted by Crippen LogP contribution is 2.28. The molecule has 0 unspecified atom stereocenters. The van der Waals surface area contributed by atoms with Gasteiger partial charge < -0.3 is 10.6 Å². The van der Waals surface area contributed by atoms with E-state index in [9.17, 15) is 9.59 Å². The summed E-state index contributed by atoms with van der Waals surface area (Å²) in [7, 11) is 0. The van der Waals surface area contributed by atoms with Crippen molar-refractivity contribution < 1.29 is 9.59 Å². The second-order valence-corrected chi connectivity index (χ2v) is 5.86. The average Bonchev–Trinajstić information content (AvgIpc) is 3.21. The smallest absolute Gasteiger partial charge is 0.252 e. The molecule has 2 N–H and O–H groups in total. The zero-order valence-corrected chi connectivity index (χ0v) is 12.8. The van der Waals surface area contributed by atoms with Crippen LogP contribution in [0.2, 0.25) is 0 Å². The van der Waals surface area contributed by atoms with Crippen LogP contribution in [0.1, 0.15) is 23.2 Å². The van der Waals surface area contributed by atoms with Crippen LogP contribution in [0.3, 0.4) is 0 Å². The lowest BCUT2D eigenvalue weighted by Crippen LogP contribution is -2.35. The first-order chi connectivity index (χ1) is 9.08. The third-order valence-electron chi connectivity index (χ3n) is 2.85. The number of thiol groups is 1. The first kappa shape index (κ1) is 14.4. The molecule has 0 heterocycles. The summed E-state index contributed by atoms with van der Waals surface area (Å²) in [5.41, 5.74) is 0.543. The second-order valence-electron chi connectivity index (χ2n) is 4.49. The zero-order chi connectivity index (χ0) is 13.8. The van der Waals surface area contributed by atoms with E-state index in [2.05, 4.69) is 39.2 Å². The number of carbonyl (C=O) groups excluding carboxylic acids is 2. The largest absolute Gasteiger partial charge is 0.354 e. The zero-order valence-electron chi connectivity index (χ0n) is 10.3. The number of nitrogens with one attached hydrogen (secondary N) is 2. The highest BCUT2D eigenvalue weighted by molar-refractivity contribution is 9.10. The standard InChI is InChI=1S/C13H15BrN2O2S/c14-11-4-3-9(19)7-10(11)13(18)16-6-5-15-12(17)8-1-2-8/h3-4,7-8,19H,1-2,5-6H2,(H,15,17)(H,16,18). The Hall–Kier alpha value is -1.01. The second kappa shape index (κ2) is 6.43. The molecule has 1 aliphatic carbocycles. The van der Waals surface area contributed by atoms with Crippen LogP contribution >= 0.6 is 28.6 Å². The molecule has 1 fully saturated rings. The molecule has 2 rings (SSSR count). The molecular weight excluding hydrogens is 328 g/mol. The lowest BCUT2D eigenvalue weighted by molar-refractivity contribution is -0.122. The van der Waals surface area contributed by atoms with Crippen LogP contribution in [-0.2, 0) is 4.79 Å². The van der Waals surface area contributed by atoms with Crippen molar-refractivity contribution in [2.75, 3.05) is 13.1 Å². The van der Waals surface area contributed by atoms with Crippen molar-refractivity contribution >= 4 is 40.4 Å². The molecule has 1 aromatic carbocycles. The number of amides is 2. The van der Waals surface area contributed by atoms with Gasteiger partial charge in [-0.25, -0.2) is 0 Å². The molecule has 6 heteroatoms.